The van der Waals surface area contributed by atoms with Crippen molar-refractivity contribution >= 4 is 16.8 Å². The Kier molecular flexibility index (Phi) is 3.45. The van der Waals surface area contributed by atoms with E-state index in [1.54, 1.807) is 0 Å². The average Bonchev–Trinajstić information content (AvgIpc) is 3.28. The second kappa shape index (κ2) is 5.52. The number of carbonyl (C=O) groups excluding carboxylic acids is 1. The molecule has 1 heterocycles. The van der Waals surface area contributed by atoms with E-state index in [2.05, 4.69) is 41.5 Å². The molecular weight excluding hydrogens is 296 g/mol. The highest BCUT2D eigenvalue weighted by atomic mass is 16.1. The van der Waals surface area contributed by atoms with Gasteiger partial charge in [-0.1, -0.05) is 36.4 Å². The fourth-order valence-electron chi connectivity index (χ4n) is 3.80. The van der Waals surface area contributed by atoms with Gasteiger partial charge in [0.25, 0.3) is 5.91 Å². The number of para-hydroxylation sites is 1. The third-order valence-corrected chi connectivity index (χ3v) is 5.25. The van der Waals surface area contributed by atoms with Crippen LogP contribution < -0.4 is 5.32 Å². The highest BCUT2D eigenvalue weighted by Gasteiger charge is 2.46. The summed E-state index contributed by atoms with van der Waals surface area (Å²) >= 11 is 0. The first-order chi connectivity index (χ1) is 11.6. The summed E-state index contributed by atoms with van der Waals surface area (Å²) in [5, 5.41) is 4.46. The molecular formula is C21H22N2O. The number of aromatic nitrogens is 1. The summed E-state index contributed by atoms with van der Waals surface area (Å²) in [6.45, 7) is 4.81. The van der Waals surface area contributed by atoms with Gasteiger partial charge < -0.3 is 10.3 Å². The maximum absolute atomic E-state index is 12.5. The number of aryl methyl sites for hydroxylation is 2. The number of H-pyrrole nitrogens is 1. The highest BCUT2D eigenvalue weighted by Crippen LogP contribution is 2.51. The molecule has 0 unspecified atom stereocenters. The van der Waals surface area contributed by atoms with Gasteiger partial charge in [-0.2, -0.15) is 0 Å². The second-order valence-electron chi connectivity index (χ2n) is 6.95. The summed E-state index contributed by atoms with van der Waals surface area (Å²) in [4.78, 5) is 16.0. The van der Waals surface area contributed by atoms with Crippen molar-refractivity contribution in [2.75, 3.05) is 6.54 Å². The molecule has 3 aromatic rings. The Hall–Kier alpha value is -2.55. The zero-order valence-electron chi connectivity index (χ0n) is 14.1. The second-order valence-corrected chi connectivity index (χ2v) is 6.95. The molecule has 1 aromatic heterocycles. The van der Waals surface area contributed by atoms with Crippen molar-refractivity contribution in [2.24, 2.45) is 0 Å². The van der Waals surface area contributed by atoms with Crippen molar-refractivity contribution in [3.63, 3.8) is 0 Å². The summed E-state index contributed by atoms with van der Waals surface area (Å²) in [6.07, 6.45) is 2.26. The van der Waals surface area contributed by atoms with Gasteiger partial charge in [0.2, 0.25) is 0 Å². The largest absolute Gasteiger partial charge is 0.358 e. The maximum Gasteiger partial charge on any atom is 0.251 e. The molecule has 0 bridgehead atoms. The van der Waals surface area contributed by atoms with Crippen molar-refractivity contribution in [3.8, 4) is 0 Å². The number of fused-ring (bicyclic) bond motifs is 1. The topological polar surface area (TPSA) is 44.9 Å². The van der Waals surface area contributed by atoms with Crippen LogP contribution in [0.4, 0.5) is 0 Å². The SMILES string of the molecule is Cc1ccccc1C(=O)NCC1(c2c(C)[nH]c3ccccc23)CC1. The minimum Gasteiger partial charge on any atom is -0.358 e. The van der Waals surface area contributed by atoms with Gasteiger partial charge in [0.05, 0.1) is 0 Å². The van der Waals surface area contributed by atoms with E-state index in [9.17, 15) is 4.79 Å². The number of rotatable bonds is 4. The lowest BCUT2D eigenvalue weighted by molar-refractivity contribution is 0.0949. The number of hydrogen-bond acceptors (Lipinski definition) is 1. The molecule has 3 heteroatoms. The van der Waals surface area contributed by atoms with E-state index in [-0.39, 0.29) is 11.3 Å². The Balaban J connectivity index is 1.59. The average molecular weight is 318 g/mol. The molecule has 0 aliphatic heterocycles. The minimum absolute atomic E-state index is 0.0249. The first-order valence-corrected chi connectivity index (χ1v) is 8.52. The molecule has 2 aromatic carbocycles. The van der Waals surface area contributed by atoms with E-state index >= 15 is 0 Å². The molecule has 1 amide bonds. The molecule has 0 saturated heterocycles. The summed E-state index contributed by atoms with van der Waals surface area (Å²) in [5.74, 6) is 0.0249. The Bertz CT molecular complexity index is 918. The van der Waals surface area contributed by atoms with E-state index < -0.39 is 0 Å². The van der Waals surface area contributed by atoms with Crippen LogP contribution in [-0.4, -0.2) is 17.4 Å². The third kappa shape index (κ3) is 2.41. The molecule has 0 spiro atoms. The van der Waals surface area contributed by atoms with Crippen molar-refractivity contribution in [3.05, 3.63) is 70.9 Å². The van der Waals surface area contributed by atoms with Gasteiger partial charge in [0.15, 0.2) is 0 Å². The quantitative estimate of drug-likeness (QED) is 0.742. The monoisotopic (exact) mass is 318 g/mol. The Morgan fingerprint density at radius 3 is 2.54 bits per heavy atom. The fraction of sp³-hybridized carbons (Fsp3) is 0.286. The summed E-state index contributed by atoms with van der Waals surface area (Å²) in [5.41, 5.74) is 5.65. The first kappa shape index (κ1) is 15.0. The number of aromatic amines is 1. The molecule has 1 saturated carbocycles. The van der Waals surface area contributed by atoms with Crippen LogP contribution in [0.25, 0.3) is 10.9 Å². The normalized spacial score (nSPS) is 15.4. The van der Waals surface area contributed by atoms with Gasteiger partial charge >= 0.3 is 0 Å². The summed E-state index contributed by atoms with van der Waals surface area (Å²) < 4.78 is 0. The van der Waals surface area contributed by atoms with Crippen molar-refractivity contribution in [2.45, 2.75) is 32.1 Å². The fourth-order valence-corrected chi connectivity index (χ4v) is 3.80. The number of amides is 1. The Labute approximate surface area is 142 Å². The third-order valence-electron chi connectivity index (χ3n) is 5.25. The van der Waals surface area contributed by atoms with Gasteiger partial charge in [-0.3, -0.25) is 4.79 Å². The summed E-state index contributed by atoms with van der Waals surface area (Å²) in [7, 11) is 0. The smallest absolute Gasteiger partial charge is 0.251 e. The Morgan fingerprint density at radius 1 is 1.08 bits per heavy atom. The zero-order chi connectivity index (χ0) is 16.7. The van der Waals surface area contributed by atoms with Gasteiger partial charge in [0.1, 0.15) is 0 Å². The van der Waals surface area contributed by atoms with E-state index in [1.807, 2.05) is 31.2 Å². The van der Waals surface area contributed by atoms with Gasteiger partial charge in [-0.25, -0.2) is 0 Å². The van der Waals surface area contributed by atoms with E-state index in [0.29, 0.717) is 6.54 Å². The molecule has 24 heavy (non-hydrogen) atoms. The molecule has 1 aliphatic carbocycles. The molecule has 1 fully saturated rings. The van der Waals surface area contributed by atoms with Crippen LogP contribution in [0.1, 0.15) is 40.0 Å². The lowest BCUT2D eigenvalue weighted by Crippen LogP contribution is -2.32. The van der Waals surface area contributed by atoms with Crippen LogP contribution in [0, 0.1) is 13.8 Å². The number of hydrogen-bond donors (Lipinski definition) is 2. The molecule has 3 nitrogen and oxygen atoms in total. The van der Waals surface area contributed by atoms with E-state index in [0.717, 1.165) is 24.0 Å². The van der Waals surface area contributed by atoms with Gasteiger partial charge in [-0.05, 0) is 49.9 Å². The van der Waals surface area contributed by atoms with E-state index in [4.69, 9.17) is 0 Å². The van der Waals surface area contributed by atoms with Crippen LogP contribution in [0.2, 0.25) is 0 Å². The molecule has 0 atom stereocenters. The highest BCUT2D eigenvalue weighted by molar-refractivity contribution is 5.95. The number of carbonyl (C=O) groups is 1. The standard InChI is InChI=1S/C21H22N2O/c1-14-7-3-4-8-16(14)20(24)22-13-21(11-12-21)19-15(2)23-18-10-6-5-9-17(18)19/h3-10,23H,11-13H2,1-2H3,(H,22,24). The van der Waals surface area contributed by atoms with Crippen molar-refractivity contribution < 1.29 is 4.79 Å². The predicted molar refractivity (Wildman–Crippen MR) is 97.5 cm³/mol. The molecule has 4 rings (SSSR count). The first-order valence-electron chi connectivity index (χ1n) is 8.52. The zero-order valence-corrected chi connectivity index (χ0v) is 14.1. The maximum atomic E-state index is 12.5. The van der Waals surface area contributed by atoms with Crippen LogP contribution in [0.5, 0.6) is 0 Å². The minimum atomic E-state index is 0.0249. The lowest BCUT2D eigenvalue weighted by atomic mass is 9.92. The number of nitrogens with one attached hydrogen (secondary N) is 2. The van der Waals surface area contributed by atoms with Crippen LogP contribution >= 0.6 is 0 Å². The van der Waals surface area contributed by atoms with E-state index in [1.165, 1.54) is 22.2 Å². The van der Waals surface area contributed by atoms with Crippen LogP contribution in [0.15, 0.2) is 48.5 Å². The summed E-state index contributed by atoms with van der Waals surface area (Å²) in [6, 6.07) is 16.2. The molecule has 122 valence electrons. The van der Waals surface area contributed by atoms with Gasteiger partial charge in [0, 0.05) is 34.1 Å². The Morgan fingerprint density at radius 2 is 1.79 bits per heavy atom. The number of benzene rings is 2. The predicted octanol–water partition coefficient (Wildman–Crippen LogP) is 4.25. The lowest BCUT2D eigenvalue weighted by Gasteiger charge is -2.18. The van der Waals surface area contributed by atoms with Crippen molar-refractivity contribution in [1.29, 1.82) is 0 Å². The molecule has 2 N–H and O–H groups in total. The van der Waals surface area contributed by atoms with Crippen LogP contribution in [0.3, 0.4) is 0 Å². The van der Waals surface area contributed by atoms with Crippen molar-refractivity contribution in [1.82, 2.24) is 10.3 Å². The molecule has 1 aliphatic rings. The van der Waals surface area contributed by atoms with Crippen LogP contribution in [-0.2, 0) is 5.41 Å². The molecule has 0 radical (unpaired) electrons. The van der Waals surface area contributed by atoms with Gasteiger partial charge in [-0.15, -0.1) is 0 Å².